The Bertz CT molecular complexity index is 587. The number of ether oxygens (including phenoxy) is 1. The molecule has 0 saturated carbocycles. The lowest BCUT2D eigenvalue weighted by Crippen LogP contribution is -2.29. The van der Waals surface area contributed by atoms with E-state index in [0.29, 0.717) is 0 Å². The van der Waals surface area contributed by atoms with Crippen molar-refractivity contribution in [2.24, 2.45) is 5.84 Å². The molecule has 1 aliphatic rings. The van der Waals surface area contributed by atoms with Crippen LogP contribution in [-0.4, -0.2) is 6.61 Å². The standard InChI is InChI=1S/C15H16N2O/c16-17-15(14-9-4-10-18-14)13-8-3-6-11-5-1-2-7-12(11)13/h1-3,5-9,15,17H,4,10,16H2. The molecule has 3 heteroatoms. The highest BCUT2D eigenvalue weighted by Crippen LogP contribution is 2.30. The number of hydrogen-bond donors (Lipinski definition) is 2. The van der Waals surface area contributed by atoms with Gasteiger partial charge in [-0.15, -0.1) is 0 Å². The predicted molar refractivity (Wildman–Crippen MR) is 72.7 cm³/mol. The molecule has 0 saturated heterocycles. The van der Waals surface area contributed by atoms with Crippen molar-refractivity contribution in [3.05, 3.63) is 59.9 Å². The summed E-state index contributed by atoms with van der Waals surface area (Å²) in [6, 6.07) is 14.5. The predicted octanol–water partition coefficient (Wildman–Crippen LogP) is 2.65. The topological polar surface area (TPSA) is 47.3 Å². The van der Waals surface area contributed by atoms with Crippen LogP contribution in [0.1, 0.15) is 18.0 Å². The van der Waals surface area contributed by atoms with Crippen molar-refractivity contribution in [1.82, 2.24) is 5.43 Å². The van der Waals surface area contributed by atoms with Gasteiger partial charge in [-0.2, -0.15) is 0 Å². The summed E-state index contributed by atoms with van der Waals surface area (Å²) in [5.41, 5.74) is 4.02. The zero-order chi connectivity index (χ0) is 12.4. The maximum atomic E-state index is 5.70. The fraction of sp³-hybridized carbons (Fsp3) is 0.200. The molecular weight excluding hydrogens is 224 g/mol. The van der Waals surface area contributed by atoms with Gasteiger partial charge >= 0.3 is 0 Å². The third-order valence-corrected chi connectivity index (χ3v) is 3.32. The Kier molecular flexibility index (Phi) is 3.00. The van der Waals surface area contributed by atoms with E-state index in [1.807, 2.05) is 12.1 Å². The summed E-state index contributed by atoms with van der Waals surface area (Å²) in [5.74, 6) is 6.63. The van der Waals surface area contributed by atoms with Crippen LogP contribution >= 0.6 is 0 Å². The maximum Gasteiger partial charge on any atom is 0.115 e. The number of rotatable bonds is 3. The molecule has 18 heavy (non-hydrogen) atoms. The van der Waals surface area contributed by atoms with E-state index in [9.17, 15) is 0 Å². The number of nitrogens with two attached hydrogens (primary N) is 1. The lowest BCUT2D eigenvalue weighted by Gasteiger charge is -2.19. The molecule has 0 amide bonds. The Morgan fingerprint density at radius 2 is 1.94 bits per heavy atom. The van der Waals surface area contributed by atoms with E-state index in [0.717, 1.165) is 24.4 Å². The van der Waals surface area contributed by atoms with Crippen molar-refractivity contribution in [3.63, 3.8) is 0 Å². The number of hydrogen-bond acceptors (Lipinski definition) is 3. The number of benzene rings is 2. The molecule has 0 aromatic heterocycles. The Morgan fingerprint density at radius 1 is 1.11 bits per heavy atom. The molecular formula is C15H16N2O. The van der Waals surface area contributed by atoms with Crippen molar-refractivity contribution in [1.29, 1.82) is 0 Å². The second kappa shape index (κ2) is 4.80. The summed E-state index contributed by atoms with van der Waals surface area (Å²) in [6.45, 7) is 0.748. The van der Waals surface area contributed by atoms with Crippen LogP contribution in [0.3, 0.4) is 0 Å². The quantitative estimate of drug-likeness (QED) is 0.640. The summed E-state index contributed by atoms with van der Waals surface area (Å²) in [6.07, 6.45) is 3.06. The van der Waals surface area contributed by atoms with Crippen LogP contribution in [0.25, 0.3) is 10.8 Å². The summed E-state index contributed by atoms with van der Waals surface area (Å²) in [4.78, 5) is 0. The van der Waals surface area contributed by atoms with Crippen LogP contribution in [0.4, 0.5) is 0 Å². The van der Waals surface area contributed by atoms with Crippen molar-refractivity contribution < 1.29 is 4.74 Å². The first kappa shape index (κ1) is 11.3. The van der Waals surface area contributed by atoms with E-state index >= 15 is 0 Å². The molecule has 2 aromatic carbocycles. The second-order valence-corrected chi connectivity index (χ2v) is 4.41. The number of nitrogens with one attached hydrogen (secondary N) is 1. The van der Waals surface area contributed by atoms with Gasteiger partial charge < -0.3 is 4.74 Å². The first-order valence-corrected chi connectivity index (χ1v) is 6.17. The smallest absolute Gasteiger partial charge is 0.115 e. The molecule has 1 aliphatic heterocycles. The molecule has 2 aromatic rings. The van der Waals surface area contributed by atoms with Gasteiger partial charge in [0, 0.05) is 6.42 Å². The molecule has 1 atom stereocenters. The third kappa shape index (κ3) is 1.88. The number of fused-ring (bicyclic) bond motifs is 1. The maximum absolute atomic E-state index is 5.70. The highest BCUT2D eigenvalue weighted by atomic mass is 16.5. The molecule has 0 spiro atoms. The SMILES string of the molecule is NNC(C1=CCCO1)c1cccc2ccccc12. The summed E-state index contributed by atoms with van der Waals surface area (Å²) < 4.78 is 5.63. The molecule has 0 aliphatic carbocycles. The van der Waals surface area contributed by atoms with Crippen LogP contribution in [-0.2, 0) is 4.74 Å². The summed E-state index contributed by atoms with van der Waals surface area (Å²) >= 11 is 0. The third-order valence-electron chi connectivity index (χ3n) is 3.32. The molecule has 3 nitrogen and oxygen atoms in total. The largest absolute Gasteiger partial charge is 0.496 e. The first-order valence-electron chi connectivity index (χ1n) is 6.17. The van der Waals surface area contributed by atoms with Gasteiger partial charge in [0.2, 0.25) is 0 Å². The first-order chi connectivity index (χ1) is 8.90. The van der Waals surface area contributed by atoms with E-state index in [1.54, 1.807) is 0 Å². The summed E-state index contributed by atoms with van der Waals surface area (Å²) in [5, 5.41) is 2.42. The van der Waals surface area contributed by atoms with Gasteiger partial charge in [-0.25, -0.2) is 5.43 Å². The van der Waals surface area contributed by atoms with Gasteiger partial charge in [-0.1, -0.05) is 42.5 Å². The van der Waals surface area contributed by atoms with Crippen LogP contribution < -0.4 is 11.3 Å². The molecule has 3 rings (SSSR count). The monoisotopic (exact) mass is 240 g/mol. The van der Waals surface area contributed by atoms with Crippen molar-refractivity contribution in [3.8, 4) is 0 Å². The molecule has 1 heterocycles. The van der Waals surface area contributed by atoms with Crippen LogP contribution in [0.2, 0.25) is 0 Å². The normalized spacial score (nSPS) is 16.4. The lowest BCUT2D eigenvalue weighted by molar-refractivity contribution is 0.216. The van der Waals surface area contributed by atoms with Gasteiger partial charge in [0.05, 0.1) is 6.61 Å². The molecule has 3 N–H and O–H groups in total. The number of hydrazine groups is 1. The van der Waals surface area contributed by atoms with E-state index in [-0.39, 0.29) is 6.04 Å². The van der Waals surface area contributed by atoms with E-state index < -0.39 is 0 Å². The average molecular weight is 240 g/mol. The minimum absolute atomic E-state index is 0.0707. The molecule has 0 fully saturated rings. The van der Waals surface area contributed by atoms with Crippen LogP contribution in [0, 0.1) is 0 Å². The Hall–Kier alpha value is -1.84. The van der Waals surface area contributed by atoms with Crippen LogP contribution in [0.5, 0.6) is 0 Å². The molecule has 0 radical (unpaired) electrons. The van der Waals surface area contributed by atoms with Gasteiger partial charge in [-0.3, -0.25) is 5.84 Å². The van der Waals surface area contributed by atoms with E-state index in [2.05, 4.69) is 41.8 Å². The molecule has 0 bridgehead atoms. The Morgan fingerprint density at radius 3 is 2.72 bits per heavy atom. The fourth-order valence-corrected chi connectivity index (χ4v) is 2.47. The Labute approximate surface area is 106 Å². The second-order valence-electron chi connectivity index (χ2n) is 4.41. The van der Waals surface area contributed by atoms with Gasteiger partial charge in [-0.05, 0) is 22.4 Å². The lowest BCUT2D eigenvalue weighted by atomic mass is 9.98. The zero-order valence-electron chi connectivity index (χ0n) is 10.1. The molecule has 92 valence electrons. The minimum Gasteiger partial charge on any atom is -0.496 e. The fourth-order valence-electron chi connectivity index (χ4n) is 2.47. The van der Waals surface area contributed by atoms with Crippen molar-refractivity contribution in [2.75, 3.05) is 6.61 Å². The zero-order valence-corrected chi connectivity index (χ0v) is 10.1. The van der Waals surface area contributed by atoms with Crippen LogP contribution in [0.15, 0.2) is 54.3 Å². The van der Waals surface area contributed by atoms with Gasteiger partial charge in [0.1, 0.15) is 11.8 Å². The minimum atomic E-state index is -0.0707. The Balaban J connectivity index is 2.12. The van der Waals surface area contributed by atoms with E-state index in [1.165, 1.54) is 10.8 Å². The highest BCUT2D eigenvalue weighted by Gasteiger charge is 2.21. The molecule has 1 unspecified atom stereocenters. The van der Waals surface area contributed by atoms with Gasteiger partial charge in [0.15, 0.2) is 0 Å². The summed E-state index contributed by atoms with van der Waals surface area (Å²) in [7, 11) is 0. The van der Waals surface area contributed by atoms with Crippen molar-refractivity contribution >= 4 is 10.8 Å². The average Bonchev–Trinajstić information content (AvgIpc) is 2.94. The van der Waals surface area contributed by atoms with Crippen molar-refractivity contribution in [2.45, 2.75) is 12.5 Å². The highest BCUT2D eigenvalue weighted by molar-refractivity contribution is 5.86. The van der Waals surface area contributed by atoms with E-state index in [4.69, 9.17) is 10.6 Å². The van der Waals surface area contributed by atoms with Gasteiger partial charge in [0.25, 0.3) is 0 Å².